The number of alkyl carbamates (subject to hydrolysis) is 1. The van der Waals surface area contributed by atoms with Crippen molar-refractivity contribution in [2.75, 3.05) is 18.8 Å². The normalized spacial score (nSPS) is 13.4. The molecule has 2 atom stereocenters. The molecule has 0 fully saturated rings. The monoisotopic (exact) mass is 546 g/mol. The number of sulfonamides is 1. The van der Waals surface area contributed by atoms with Crippen LogP contribution in [0.2, 0.25) is 0 Å². The molecule has 0 spiro atoms. The molecule has 11 heteroatoms. The van der Waals surface area contributed by atoms with Crippen LogP contribution >= 0.6 is 11.3 Å². The largest absolute Gasteiger partial charge is 0.444 e. The summed E-state index contributed by atoms with van der Waals surface area (Å²) in [6.45, 7) is 3.87. The van der Waals surface area contributed by atoms with Gasteiger partial charge in [0.15, 0.2) is 0 Å². The van der Waals surface area contributed by atoms with Crippen LogP contribution in [0.15, 0.2) is 71.2 Å². The van der Waals surface area contributed by atoms with Crippen molar-refractivity contribution in [2.45, 2.75) is 50.3 Å². The summed E-state index contributed by atoms with van der Waals surface area (Å²) in [5.41, 5.74) is 8.86. The fraction of sp³-hybridized carbons (Fsp3) is 0.385. The topological polar surface area (TPSA) is 135 Å². The van der Waals surface area contributed by atoms with Crippen molar-refractivity contribution in [1.82, 2.24) is 14.6 Å². The van der Waals surface area contributed by atoms with E-state index in [0.29, 0.717) is 18.5 Å². The number of aliphatic hydroxyl groups is 1. The van der Waals surface area contributed by atoms with Crippen molar-refractivity contribution in [3.8, 4) is 0 Å². The molecular formula is C26H34N4O5S2. The molecule has 9 nitrogen and oxygen atoms in total. The molecule has 0 unspecified atom stereocenters. The van der Waals surface area contributed by atoms with E-state index in [9.17, 15) is 18.3 Å². The summed E-state index contributed by atoms with van der Waals surface area (Å²) in [5.74, 6) is 0.0101. The summed E-state index contributed by atoms with van der Waals surface area (Å²) in [6.07, 6.45) is 0.709. The highest BCUT2D eigenvalue weighted by Gasteiger charge is 2.31. The molecule has 37 heavy (non-hydrogen) atoms. The second-order valence-corrected chi connectivity index (χ2v) is 12.1. The predicted octanol–water partition coefficient (Wildman–Crippen LogP) is 3.66. The summed E-state index contributed by atoms with van der Waals surface area (Å²) in [6, 6.07) is 14.9. The Bertz CT molecular complexity index is 1200. The molecule has 3 rings (SSSR count). The van der Waals surface area contributed by atoms with Gasteiger partial charge in [-0.15, -0.1) is 11.3 Å². The molecule has 1 aromatic heterocycles. The number of hydrogen-bond donors (Lipinski definition) is 3. The van der Waals surface area contributed by atoms with E-state index in [1.807, 2.05) is 44.2 Å². The third-order valence-corrected chi connectivity index (χ3v) is 8.26. The van der Waals surface area contributed by atoms with Gasteiger partial charge in [0, 0.05) is 25.0 Å². The van der Waals surface area contributed by atoms with Gasteiger partial charge >= 0.3 is 6.09 Å². The number of hydrogen-bond acceptors (Lipinski definition) is 8. The highest BCUT2D eigenvalue weighted by atomic mass is 32.2. The van der Waals surface area contributed by atoms with Gasteiger partial charge in [-0.05, 0) is 48.6 Å². The van der Waals surface area contributed by atoms with E-state index < -0.39 is 28.3 Å². The number of nitrogen functional groups attached to an aromatic ring is 1. The van der Waals surface area contributed by atoms with Crippen molar-refractivity contribution >= 4 is 33.1 Å². The van der Waals surface area contributed by atoms with E-state index in [-0.39, 0.29) is 30.5 Å². The van der Waals surface area contributed by atoms with E-state index in [4.69, 9.17) is 10.5 Å². The summed E-state index contributed by atoms with van der Waals surface area (Å²) >= 11 is 1.37. The molecule has 0 aliphatic rings. The Kier molecular flexibility index (Phi) is 10.4. The van der Waals surface area contributed by atoms with Crippen molar-refractivity contribution < 1.29 is 23.1 Å². The average molecular weight is 547 g/mol. The molecule has 0 aliphatic carbocycles. The highest BCUT2D eigenvalue weighted by molar-refractivity contribution is 7.89. The van der Waals surface area contributed by atoms with Gasteiger partial charge in [0.1, 0.15) is 6.61 Å². The van der Waals surface area contributed by atoms with Gasteiger partial charge in [-0.3, -0.25) is 4.98 Å². The minimum Gasteiger partial charge on any atom is -0.444 e. The van der Waals surface area contributed by atoms with E-state index >= 15 is 0 Å². The van der Waals surface area contributed by atoms with Crippen LogP contribution in [0.25, 0.3) is 0 Å². The lowest BCUT2D eigenvalue weighted by Crippen LogP contribution is -2.50. The SMILES string of the molecule is CC(C)CN(C[C@@H](O)[C@H](CCc1ccccc1)NC(=O)OCc1cncs1)S(=O)(=O)c1ccc(N)cc1. The van der Waals surface area contributed by atoms with Crippen LogP contribution < -0.4 is 11.1 Å². The van der Waals surface area contributed by atoms with Crippen molar-refractivity contribution in [2.24, 2.45) is 5.92 Å². The first kappa shape index (κ1) is 28.6. The molecule has 3 aromatic rings. The van der Waals surface area contributed by atoms with Gasteiger partial charge in [0.25, 0.3) is 0 Å². The van der Waals surface area contributed by atoms with Crippen LogP contribution in [0.3, 0.4) is 0 Å². The number of rotatable bonds is 13. The van der Waals surface area contributed by atoms with Gasteiger partial charge in [-0.1, -0.05) is 44.2 Å². The number of aromatic nitrogens is 1. The summed E-state index contributed by atoms with van der Waals surface area (Å²) in [4.78, 5) is 17.4. The van der Waals surface area contributed by atoms with Crippen LogP contribution in [0, 0.1) is 5.92 Å². The number of aliphatic hydroxyl groups excluding tert-OH is 1. The number of amides is 1. The molecule has 0 radical (unpaired) electrons. The molecule has 2 aromatic carbocycles. The number of carbonyl (C=O) groups is 1. The average Bonchev–Trinajstić information content (AvgIpc) is 3.39. The van der Waals surface area contributed by atoms with Crippen LogP contribution in [0.5, 0.6) is 0 Å². The van der Waals surface area contributed by atoms with Gasteiger partial charge in [-0.2, -0.15) is 4.31 Å². The molecule has 0 bridgehead atoms. The standard InChI is InChI=1S/C26H34N4O5S2/c1-19(2)15-30(37(33,34)23-11-9-21(27)10-12-23)16-25(31)24(13-8-20-6-4-3-5-7-20)29-26(32)35-17-22-14-28-18-36-22/h3-7,9-12,14,18-19,24-25,31H,8,13,15-17,27H2,1-2H3,(H,29,32)/t24-,25+/m0/s1. The van der Waals surface area contributed by atoms with E-state index in [1.54, 1.807) is 11.7 Å². The van der Waals surface area contributed by atoms with Crippen molar-refractivity contribution in [3.05, 3.63) is 76.7 Å². The second kappa shape index (κ2) is 13.5. The molecule has 0 saturated heterocycles. The third-order valence-electron chi connectivity index (χ3n) is 5.66. The van der Waals surface area contributed by atoms with Gasteiger partial charge in [0.2, 0.25) is 10.0 Å². The lowest BCUT2D eigenvalue weighted by molar-refractivity contribution is 0.0849. The van der Waals surface area contributed by atoms with Gasteiger partial charge in [0.05, 0.1) is 27.4 Å². The minimum absolute atomic E-state index is 0.0101. The summed E-state index contributed by atoms with van der Waals surface area (Å²) in [7, 11) is -3.91. The number of nitrogens with two attached hydrogens (primary N) is 1. The molecule has 4 N–H and O–H groups in total. The van der Waals surface area contributed by atoms with Gasteiger partial charge < -0.3 is 20.9 Å². The zero-order valence-corrected chi connectivity index (χ0v) is 22.6. The Hall–Kier alpha value is -2.99. The van der Waals surface area contributed by atoms with E-state index in [2.05, 4.69) is 10.3 Å². The number of benzene rings is 2. The summed E-state index contributed by atoms with van der Waals surface area (Å²) < 4.78 is 33.4. The van der Waals surface area contributed by atoms with Crippen LogP contribution in [0.4, 0.5) is 10.5 Å². The molecule has 200 valence electrons. The lowest BCUT2D eigenvalue weighted by Gasteiger charge is -2.30. The zero-order chi connectivity index (χ0) is 26.8. The third kappa shape index (κ3) is 8.81. The number of nitrogens with zero attached hydrogens (tertiary/aromatic N) is 2. The Morgan fingerprint density at radius 3 is 2.46 bits per heavy atom. The smallest absolute Gasteiger partial charge is 0.407 e. The molecule has 0 aliphatic heterocycles. The molecular weight excluding hydrogens is 512 g/mol. The summed E-state index contributed by atoms with van der Waals surface area (Å²) in [5, 5.41) is 14.0. The highest BCUT2D eigenvalue weighted by Crippen LogP contribution is 2.20. The first-order chi connectivity index (χ1) is 17.6. The Labute approximate surface area is 222 Å². The van der Waals surface area contributed by atoms with Crippen molar-refractivity contribution in [1.29, 1.82) is 0 Å². The predicted molar refractivity (Wildman–Crippen MR) is 144 cm³/mol. The second-order valence-electron chi connectivity index (χ2n) is 9.17. The zero-order valence-electron chi connectivity index (χ0n) is 21.0. The quantitative estimate of drug-likeness (QED) is 0.279. The lowest BCUT2D eigenvalue weighted by atomic mass is 10.0. The van der Waals surface area contributed by atoms with E-state index in [0.717, 1.165) is 10.4 Å². The van der Waals surface area contributed by atoms with Gasteiger partial charge in [-0.25, -0.2) is 13.2 Å². The number of anilines is 1. The Balaban J connectivity index is 1.76. The minimum atomic E-state index is -3.91. The maximum Gasteiger partial charge on any atom is 0.407 e. The fourth-order valence-electron chi connectivity index (χ4n) is 3.77. The maximum atomic E-state index is 13.4. The Morgan fingerprint density at radius 1 is 1.14 bits per heavy atom. The number of aryl methyl sites for hydroxylation is 1. The van der Waals surface area contributed by atoms with Crippen molar-refractivity contribution in [3.63, 3.8) is 0 Å². The Morgan fingerprint density at radius 2 is 1.84 bits per heavy atom. The molecule has 1 heterocycles. The van der Waals surface area contributed by atoms with Crippen LogP contribution in [-0.2, 0) is 27.8 Å². The van der Waals surface area contributed by atoms with Crippen LogP contribution in [0.1, 0.15) is 30.7 Å². The first-order valence-corrected chi connectivity index (χ1v) is 14.4. The molecule has 1 amide bonds. The number of nitrogens with one attached hydrogen (secondary N) is 1. The fourth-order valence-corrected chi connectivity index (χ4v) is 5.90. The number of carbonyl (C=O) groups excluding carboxylic acids is 1. The molecule has 0 saturated carbocycles. The maximum absolute atomic E-state index is 13.4. The number of thiazole rings is 1. The van der Waals surface area contributed by atoms with E-state index in [1.165, 1.54) is 39.9 Å². The first-order valence-electron chi connectivity index (χ1n) is 12.0. The number of ether oxygens (including phenoxy) is 1. The van der Waals surface area contributed by atoms with Crippen LogP contribution in [-0.4, -0.2) is 54.1 Å².